The molecule has 1 saturated heterocycles. The van der Waals surface area contributed by atoms with Gasteiger partial charge in [-0.15, -0.1) is 0 Å². The standard InChI is InChI=1S/C23H25N7O2/c1-22(11-31)10-26-20-15(9-24)6-14(7-16(20)22)17-4-5-25-21(27-17)28-19-8-18(29-30(19)3)23(2)12-32-13-23/h4-8,26,31H,10-13H2,1-3H3,(H,25,27,28). The van der Waals surface area contributed by atoms with Crippen molar-refractivity contribution in [2.45, 2.75) is 24.7 Å². The molecule has 2 aromatic heterocycles. The Balaban J connectivity index is 1.48. The lowest BCUT2D eigenvalue weighted by Gasteiger charge is -2.36. The van der Waals surface area contributed by atoms with Crippen molar-refractivity contribution in [2.75, 3.05) is 37.0 Å². The second-order valence-electron chi connectivity index (χ2n) is 9.11. The maximum Gasteiger partial charge on any atom is 0.228 e. The Bertz CT molecular complexity index is 1240. The minimum atomic E-state index is -0.447. The summed E-state index contributed by atoms with van der Waals surface area (Å²) in [6.07, 6.45) is 1.69. The summed E-state index contributed by atoms with van der Waals surface area (Å²) in [7, 11) is 1.88. The van der Waals surface area contributed by atoms with Crippen LogP contribution in [0.4, 0.5) is 17.5 Å². The number of aliphatic hydroxyl groups is 1. The van der Waals surface area contributed by atoms with Gasteiger partial charge in [0.15, 0.2) is 0 Å². The first-order chi connectivity index (χ1) is 15.3. The van der Waals surface area contributed by atoms with E-state index in [0.717, 1.165) is 28.3 Å². The second-order valence-corrected chi connectivity index (χ2v) is 9.11. The van der Waals surface area contributed by atoms with Crippen LogP contribution >= 0.6 is 0 Å². The molecule has 0 amide bonds. The quantitative estimate of drug-likeness (QED) is 0.563. The molecule has 0 bridgehead atoms. The topological polar surface area (TPSA) is 121 Å². The Labute approximate surface area is 186 Å². The first-order valence-electron chi connectivity index (χ1n) is 10.5. The van der Waals surface area contributed by atoms with E-state index in [1.165, 1.54) is 0 Å². The maximum absolute atomic E-state index is 9.94. The van der Waals surface area contributed by atoms with Crippen molar-refractivity contribution in [3.05, 3.63) is 47.3 Å². The zero-order valence-corrected chi connectivity index (χ0v) is 18.3. The molecular formula is C23H25N7O2. The van der Waals surface area contributed by atoms with Crippen LogP contribution in [0, 0.1) is 11.3 Å². The van der Waals surface area contributed by atoms with E-state index in [1.54, 1.807) is 10.9 Å². The van der Waals surface area contributed by atoms with Gasteiger partial charge >= 0.3 is 0 Å². The Morgan fingerprint density at radius 3 is 2.81 bits per heavy atom. The first kappa shape index (κ1) is 20.4. The van der Waals surface area contributed by atoms with Gasteiger partial charge in [-0.2, -0.15) is 10.4 Å². The Morgan fingerprint density at radius 2 is 2.12 bits per heavy atom. The number of hydrogen-bond acceptors (Lipinski definition) is 8. The van der Waals surface area contributed by atoms with Crippen LogP contribution in [0.15, 0.2) is 30.5 Å². The van der Waals surface area contributed by atoms with Crippen molar-refractivity contribution in [3.8, 4) is 17.3 Å². The fourth-order valence-electron chi connectivity index (χ4n) is 4.19. The molecule has 1 aromatic carbocycles. The van der Waals surface area contributed by atoms with Crippen LogP contribution in [0.1, 0.15) is 30.7 Å². The molecule has 4 heterocycles. The summed E-state index contributed by atoms with van der Waals surface area (Å²) < 4.78 is 7.13. The Morgan fingerprint density at radius 1 is 1.31 bits per heavy atom. The maximum atomic E-state index is 9.94. The van der Waals surface area contributed by atoms with Crippen molar-refractivity contribution >= 4 is 17.5 Å². The number of aryl methyl sites for hydroxylation is 1. The van der Waals surface area contributed by atoms with E-state index >= 15 is 0 Å². The number of nitriles is 1. The van der Waals surface area contributed by atoms with Crippen molar-refractivity contribution in [2.24, 2.45) is 7.05 Å². The van der Waals surface area contributed by atoms with Crippen LogP contribution in [0.3, 0.4) is 0 Å². The molecular weight excluding hydrogens is 406 g/mol. The summed E-state index contributed by atoms with van der Waals surface area (Å²) in [4.78, 5) is 9.04. The monoisotopic (exact) mass is 431 g/mol. The number of aliphatic hydroxyl groups excluding tert-OH is 1. The van der Waals surface area contributed by atoms with Crippen LogP contribution in [0.25, 0.3) is 11.3 Å². The number of benzene rings is 1. The molecule has 0 radical (unpaired) electrons. The van der Waals surface area contributed by atoms with E-state index in [4.69, 9.17) is 4.74 Å². The highest BCUT2D eigenvalue weighted by molar-refractivity contribution is 5.76. The summed E-state index contributed by atoms with van der Waals surface area (Å²) in [6.45, 7) is 6.02. The largest absolute Gasteiger partial charge is 0.395 e. The molecule has 1 fully saturated rings. The van der Waals surface area contributed by atoms with Gasteiger partial charge in [0, 0.05) is 36.8 Å². The van der Waals surface area contributed by atoms with Gasteiger partial charge in [0.25, 0.3) is 0 Å². The van der Waals surface area contributed by atoms with E-state index in [9.17, 15) is 10.4 Å². The lowest BCUT2D eigenvalue weighted by atomic mass is 9.83. The van der Waals surface area contributed by atoms with Crippen LogP contribution < -0.4 is 10.6 Å². The smallest absolute Gasteiger partial charge is 0.228 e. The number of aromatic nitrogens is 4. The molecule has 32 heavy (non-hydrogen) atoms. The Hall–Kier alpha value is -3.48. The molecule has 9 heteroatoms. The van der Waals surface area contributed by atoms with Crippen molar-refractivity contribution < 1.29 is 9.84 Å². The minimum absolute atomic E-state index is 0.00924. The van der Waals surface area contributed by atoms with Crippen molar-refractivity contribution in [3.63, 3.8) is 0 Å². The first-order valence-corrected chi connectivity index (χ1v) is 10.5. The summed E-state index contributed by atoms with van der Waals surface area (Å²) in [5, 5.41) is 30.8. The third-order valence-electron chi connectivity index (χ3n) is 6.44. The molecule has 0 saturated carbocycles. The minimum Gasteiger partial charge on any atom is -0.395 e. The van der Waals surface area contributed by atoms with E-state index in [-0.39, 0.29) is 12.0 Å². The number of ether oxygens (including phenoxy) is 1. The molecule has 2 aliphatic rings. The average Bonchev–Trinajstić information content (AvgIpc) is 3.32. The zero-order valence-electron chi connectivity index (χ0n) is 18.3. The third-order valence-corrected chi connectivity index (χ3v) is 6.44. The van der Waals surface area contributed by atoms with Crippen LogP contribution in [0.2, 0.25) is 0 Å². The van der Waals surface area contributed by atoms with Gasteiger partial charge < -0.3 is 20.5 Å². The van der Waals surface area contributed by atoms with Gasteiger partial charge in [0.1, 0.15) is 11.9 Å². The summed E-state index contributed by atoms with van der Waals surface area (Å²) in [5.41, 5.74) is 4.21. The van der Waals surface area contributed by atoms with Crippen molar-refractivity contribution in [1.29, 1.82) is 5.26 Å². The van der Waals surface area contributed by atoms with Crippen LogP contribution in [0.5, 0.6) is 0 Å². The average molecular weight is 432 g/mol. The van der Waals surface area contributed by atoms with E-state index < -0.39 is 5.41 Å². The predicted molar refractivity (Wildman–Crippen MR) is 120 cm³/mol. The van der Waals surface area contributed by atoms with Gasteiger partial charge in [0.2, 0.25) is 5.95 Å². The number of nitrogens with one attached hydrogen (secondary N) is 2. The number of hydrogen-bond donors (Lipinski definition) is 3. The number of nitrogens with zero attached hydrogens (tertiary/aromatic N) is 5. The molecule has 3 aromatic rings. The summed E-state index contributed by atoms with van der Waals surface area (Å²) in [5.74, 6) is 1.23. The highest BCUT2D eigenvalue weighted by Crippen LogP contribution is 2.41. The molecule has 3 N–H and O–H groups in total. The van der Waals surface area contributed by atoms with Gasteiger partial charge in [-0.1, -0.05) is 6.92 Å². The van der Waals surface area contributed by atoms with Gasteiger partial charge in [0.05, 0.1) is 47.9 Å². The molecule has 0 aliphatic carbocycles. The van der Waals surface area contributed by atoms with E-state index in [2.05, 4.69) is 38.7 Å². The van der Waals surface area contributed by atoms with Crippen LogP contribution in [-0.4, -0.2) is 51.2 Å². The molecule has 164 valence electrons. The zero-order chi connectivity index (χ0) is 22.5. The summed E-state index contributed by atoms with van der Waals surface area (Å²) in [6, 6.07) is 9.90. The van der Waals surface area contributed by atoms with E-state index in [1.807, 2.05) is 38.2 Å². The highest BCUT2D eigenvalue weighted by atomic mass is 16.5. The van der Waals surface area contributed by atoms with E-state index in [0.29, 0.717) is 37.0 Å². The molecule has 1 unspecified atom stereocenters. The molecule has 2 aliphatic heterocycles. The van der Waals surface area contributed by atoms with Gasteiger partial charge in [-0.25, -0.2) is 9.97 Å². The molecule has 5 rings (SSSR count). The van der Waals surface area contributed by atoms with Crippen molar-refractivity contribution in [1.82, 2.24) is 19.7 Å². The fraction of sp³-hybridized carbons (Fsp3) is 0.391. The lowest BCUT2D eigenvalue weighted by Crippen LogP contribution is -2.44. The molecule has 9 nitrogen and oxygen atoms in total. The predicted octanol–water partition coefficient (Wildman–Crippen LogP) is 2.46. The number of anilines is 3. The molecule has 0 spiro atoms. The molecule has 1 atom stereocenters. The SMILES string of the molecule is Cn1nc(C2(C)COC2)cc1Nc1nccc(-c2cc(C#N)c3c(c2)C(C)(CO)CN3)n1. The van der Waals surface area contributed by atoms with Gasteiger partial charge in [-0.3, -0.25) is 4.68 Å². The number of fused-ring (bicyclic) bond motifs is 1. The fourth-order valence-corrected chi connectivity index (χ4v) is 4.19. The normalized spacial score (nSPS) is 20.7. The Kier molecular flexibility index (Phi) is 4.65. The highest BCUT2D eigenvalue weighted by Gasteiger charge is 2.38. The summed E-state index contributed by atoms with van der Waals surface area (Å²) >= 11 is 0. The van der Waals surface area contributed by atoms with Gasteiger partial charge in [-0.05, 0) is 30.7 Å². The lowest BCUT2D eigenvalue weighted by molar-refractivity contribution is -0.0522. The number of rotatable bonds is 5. The third kappa shape index (κ3) is 3.20. The second kappa shape index (κ2) is 7.29. The van der Waals surface area contributed by atoms with Crippen LogP contribution in [-0.2, 0) is 22.6 Å².